The van der Waals surface area contributed by atoms with Crippen molar-refractivity contribution >= 4 is 11.8 Å². The summed E-state index contributed by atoms with van der Waals surface area (Å²) in [5, 5.41) is 3.46. The van der Waals surface area contributed by atoms with Crippen molar-refractivity contribution in [3.8, 4) is 5.75 Å². The van der Waals surface area contributed by atoms with Crippen LogP contribution in [0.1, 0.15) is 51.2 Å². The first-order valence-electron chi connectivity index (χ1n) is 7.64. The van der Waals surface area contributed by atoms with Crippen molar-refractivity contribution in [3.05, 3.63) is 29.3 Å². The molecule has 0 bridgehead atoms. The molecular formula is C17H29NOS. The molecule has 0 amide bonds. The standard InChI is InChI=1S/C17H29NOS/c1-5-6-7-10-20-13-16-11-15(12-18-14(2)3)8-9-17(16)19-4/h8-9,11,14,18H,5-7,10,12-13H2,1-4H3. The van der Waals surface area contributed by atoms with Crippen LogP contribution in [0.25, 0.3) is 0 Å². The van der Waals surface area contributed by atoms with E-state index >= 15 is 0 Å². The zero-order chi connectivity index (χ0) is 14.8. The molecule has 0 aliphatic carbocycles. The molecule has 0 saturated carbocycles. The van der Waals surface area contributed by atoms with Gasteiger partial charge in [-0.2, -0.15) is 11.8 Å². The molecule has 0 aromatic heterocycles. The van der Waals surface area contributed by atoms with Crippen LogP contribution in [-0.4, -0.2) is 18.9 Å². The van der Waals surface area contributed by atoms with Gasteiger partial charge in [-0.15, -0.1) is 0 Å². The number of nitrogens with one attached hydrogen (secondary N) is 1. The largest absolute Gasteiger partial charge is 0.496 e. The third kappa shape index (κ3) is 6.67. The molecule has 0 saturated heterocycles. The Morgan fingerprint density at radius 1 is 1.25 bits per heavy atom. The summed E-state index contributed by atoms with van der Waals surface area (Å²) in [4.78, 5) is 0. The van der Waals surface area contributed by atoms with Crippen molar-refractivity contribution < 1.29 is 4.74 Å². The van der Waals surface area contributed by atoms with E-state index < -0.39 is 0 Å². The van der Waals surface area contributed by atoms with E-state index in [2.05, 4.69) is 44.3 Å². The summed E-state index contributed by atoms with van der Waals surface area (Å²) in [7, 11) is 1.76. The Balaban J connectivity index is 2.54. The maximum Gasteiger partial charge on any atom is 0.122 e. The van der Waals surface area contributed by atoms with E-state index in [-0.39, 0.29) is 0 Å². The minimum atomic E-state index is 0.518. The summed E-state index contributed by atoms with van der Waals surface area (Å²) in [5.41, 5.74) is 2.65. The summed E-state index contributed by atoms with van der Waals surface area (Å²) >= 11 is 2.01. The zero-order valence-corrected chi connectivity index (χ0v) is 14.2. The van der Waals surface area contributed by atoms with Crippen LogP contribution >= 0.6 is 11.8 Å². The highest BCUT2D eigenvalue weighted by Gasteiger charge is 2.05. The highest BCUT2D eigenvalue weighted by atomic mass is 32.2. The maximum atomic E-state index is 5.47. The van der Waals surface area contributed by atoms with E-state index in [1.165, 1.54) is 36.1 Å². The van der Waals surface area contributed by atoms with Gasteiger partial charge in [0, 0.05) is 23.9 Å². The SMILES string of the molecule is CCCCCSCc1cc(CNC(C)C)ccc1OC. The van der Waals surface area contributed by atoms with Crippen molar-refractivity contribution in [2.24, 2.45) is 0 Å². The molecule has 0 radical (unpaired) electrons. The van der Waals surface area contributed by atoms with Crippen LogP contribution in [-0.2, 0) is 12.3 Å². The number of hydrogen-bond acceptors (Lipinski definition) is 3. The van der Waals surface area contributed by atoms with Crippen LogP contribution in [0.2, 0.25) is 0 Å². The molecule has 1 aromatic rings. The van der Waals surface area contributed by atoms with Crippen LogP contribution in [0.15, 0.2) is 18.2 Å². The molecule has 0 atom stereocenters. The third-order valence-corrected chi connectivity index (χ3v) is 4.30. The molecule has 0 unspecified atom stereocenters. The number of benzene rings is 1. The minimum Gasteiger partial charge on any atom is -0.496 e. The fourth-order valence-corrected chi connectivity index (χ4v) is 3.01. The molecule has 20 heavy (non-hydrogen) atoms. The van der Waals surface area contributed by atoms with Gasteiger partial charge in [0.2, 0.25) is 0 Å². The Labute approximate surface area is 128 Å². The lowest BCUT2D eigenvalue weighted by molar-refractivity contribution is 0.411. The van der Waals surface area contributed by atoms with Crippen LogP contribution < -0.4 is 10.1 Å². The van der Waals surface area contributed by atoms with Crippen molar-refractivity contribution in [2.45, 2.75) is 58.4 Å². The Morgan fingerprint density at radius 3 is 2.70 bits per heavy atom. The maximum absolute atomic E-state index is 5.47. The van der Waals surface area contributed by atoms with Crippen molar-refractivity contribution in [1.29, 1.82) is 0 Å². The second kappa shape index (κ2) is 10.1. The number of methoxy groups -OCH3 is 1. The molecule has 114 valence electrons. The molecule has 0 aliphatic rings. The van der Waals surface area contributed by atoms with Gasteiger partial charge in [0.1, 0.15) is 5.75 Å². The van der Waals surface area contributed by atoms with Crippen LogP contribution in [0.4, 0.5) is 0 Å². The fraction of sp³-hybridized carbons (Fsp3) is 0.647. The molecule has 1 aromatic carbocycles. The monoisotopic (exact) mass is 295 g/mol. The van der Waals surface area contributed by atoms with Crippen LogP contribution in [0, 0.1) is 0 Å². The number of thioether (sulfide) groups is 1. The van der Waals surface area contributed by atoms with E-state index in [4.69, 9.17) is 4.74 Å². The molecule has 0 heterocycles. The molecular weight excluding hydrogens is 266 g/mol. The Kier molecular flexibility index (Phi) is 8.79. The van der Waals surface area contributed by atoms with Gasteiger partial charge in [-0.1, -0.05) is 39.7 Å². The highest BCUT2D eigenvalue weighted by molar-refractivity contribution is 7.98. The lowest BCUT2D eigenvalue weighted by Crippen LogP contribution is -2.21. The predicted octanol–water partition coefficient (Wildman–Crippen LogP) is 4.62. The molecule has 1 rings (SSSR count). The third-order valence-electron chi connectivity index (χ3n) is 3.21. The predicted molar refractivity (Wildman–Crippen MR) is 90.7 cm³/mol. The van der Waals surface area contributed by atoms with Gasteiger partial charge < -0.3 is 10.1 Å². The van der Waals surface area contributed by atoms with E-state index in [1.807, 2.05) is 11.8 Å². The topological polar surface area (TPSA) is 21.3 Å². The normalized spacial score (nSPS) is 11.1. The fourth-order valence-electron chi connectivity index (χ4n) is 2.01. The van der Waals surface area contributed by atoms with Crippen molar-refractivity contribution in [2.75, 3.05) is 12.9 Å². The molecule has 0 fully saturated rings. The van der Waals surface area contributed by atoms with E-state index in [9.17, 15) is 0 Å². The molecule has 0 spiro atoms. The van der Waals surface area contributed by atoms with Gasteiger partial charge in [-0.25, -0.2) is 0 Å². The minimum absolute atomic E-state index is 0.518. The summed E-state index contributed by atoms with van der Waals surface area (Å²) in [6, 6.07) is 7.05. The first-order chi connectivity index (χ1) is 9.67. The second-order valence-corrected chi connectivity index (χ2v) is 6.55. The molecule has 1 N–H and O–H groups in total. The zero-order valence-electron chi connectivity index (χ0n) is 13.4. The van der Waals surface area contributed by atoms with Gasteiger partial charge in [-0.3, -0.25) is 0 Å². The average molecular weight is 295 g/mol. The quantitative estimate of drug-likeness (QED) is 0.637. The molecule has 3 heteroatoms. The first-order valence-corrected chi connectivity index (χ1v) is 8.79. The molecule has 0 aliphatic heterocycles. The number of rotatable bonds is 10. The van der Waals surface area contributed by atoms with Gasteiger partial charge >= 0.3 is 0 Å². The summed E-state index contributed by atoms with van der Waals surface area (Å²) < 4.78 is 5.47. The summed E-state index contributed by atoms with van der Waals surface area (Å²) in [6.07, 6.45) is 3.95. The van der Waals surface area contributed by atoms with Crippen molar-refractivity contribution in [1.82, 2.24) is 5.32 Å². The van der Waals surface area contributed by atoms with E-state index in [0.29, 0.717) is 6.04 Å². The highest BCUT2D eigenvalue weighted by Crippen LogP contribution is 2.25. The van der Waals surface area contributed by atoms with Crippen molar-refractivity contribution in [3.63, 3.8) is 0 Å². The Hall–Kier alpha value is -0.670. The van der Waals surface area contributed by atoms with Crippen LogP contribution in [0.5, 0.6) is 5.75 Å². The first kappa shape index (κ1) is 17.4. The Morgan fingerprint density at radius 2 is 2.05 bits per heavy atom. The van der Waals surface area contributed by atoms with Crippen LogP contribution in [0.3, 0.4) is 0 Å². The van der Waals surface area contributed by atoms with Gasteiger partial charge in [-0.05, 0) is 29.9 Å². The van der Waals surface area contributed by atoms with E-state index in [0.717, 1.165) is 18.0 Å². The smallest absolute Gasteiger partial charge is 0.122 e. The Bertz CT molecular complexity index is 379. The number of hydrogen-bond donors (Lipinski definition) is 1. The van der Waals surface area contributed by atoms with E-state index in [1.54, 1.807) is 7.11 Å². The second-order valence-electron chi connectivity index (χ2n) is 5.44. The number of ether oxygens (including phenoxy) is 1. The number of unbranched alkanes of at least 4 members (excludes halogenated alkanes) is 2. The summed E-state index contributed by atoms with van der Waals surface area (Å²) in [5.74, 6) is 3.30. The van der Waals surface area contributed by atoms with Gasteiger partial charge in [0.05, 0.1) is 7.11 Å². The van der Waals surface area contributed by atoms with Gasteiger partial charge in [0.15, 0.2) is 0 Å². The summed E-state index contributed by atoms with van der Waals surface area (Å²) in [6.45, 7) is 7.52. The van der Waals surface area contributed by atoms with Gasteiger partial charge in [0.25, 0.3) is 0 Å². The average Bonchev–Trinajstić information content (AvgIpc) is 2.45. The lowest BCUT2D eigenvalue weighted by atomic mass is 10.1. The lowest BCUT2D eigenvalue weighted by Gasteiger charge is -2.12. The molecule has 2 nitrogen and oxygen atoms in total.